The Balaban J connectivity index is 2.00. The standard InChI is InChI=1S/C15H28N6/c1-5-13-18-14(11(4)15(19-13)20-16)17-8-12-6-7-21(9-12)10(2)3/h10,12H,5-9,16H2,1-4H3,(H2,17,18,19,20). The first kappa shape index (κ1) is 16.0. The van der Waals surface area contributed by atoms with Crippen LogP contribution in [0.4, 0.5) is 11.6 Å². The summed E-state index contributed by atoms with van der Waals surface area (Å²) in [6.45, 7) is 11.9. The lowest BCUT2D eigenvalue weighted by molar-refractivity contribution is 0.266. The third-order valence-electron chi connectivity index (χ3n) is 4.25. The van der Waals surface area contributed by atoms with Crippen LogP contribution in [-0.2, 0) is 6.42 Å². The Kier molecular flexibility index (Phi) is 5.36. The van der Waals surface area contributed by atoms with Crippen LogP contribution in [0.5, 0.6) is 0 Å². The highest BCUT2D eigenvalue weighted by molar-refractivity contribution is 5.56. The number of anilines is 2. The number of nitrogen functional groups attached to an aromatic ring is 1. The second-order valence-electron chi connectivity index (χ2n) is 6.08. The third kappa shape index (κ3) is 3.83. The highest BCUT2D eigenvalue weighted by Crippen LogP contribution is 2.22. The fourth-order valence-electron chi connectivity index (χ4n) is 2.77. The number of rotatable bonds is 6. The van der Waals surface area contributed by atoms with Gasteiger partial charge in [-0.15, -0.1) is 0 Å². The molecule has 0 radical (unpaired) electrons. The number of aromatic nitrogens is 2. The van der Waals surface area contributed by atoms with E-state index in [4.69, 9.17) is 5.84 Å². The van der Waals surface area contributed by atoms with E-state index in [0.717, 1.165) is 36.7 Å². The molecule has 0 saturated carbocycles. The van der Waals surface area contributed by atoms with Crippen molar-refractivity contribution < 1.29 is 0 Å². The first-order chi connectivity index (χ1) is 10.0. The summed E-state index contributed by atoms with van der Waals surface area (Å²) < 4.78 is 0. The largest absolute Gasteiger partial charge is 0.369 e. The predicted octanol–water partition coefficient (Wildman–Crippen LogP) is 1.78. The topological polar surface area (TPSA) is 79.1 Å². The van der Waals surface area contributed by atoms with Gasteiger partial charge in [-0.25, -0.2) is 15.8 Å². The maximum absolute atomic E-state index is 5.54. The van der Waals surface area contributed by atoms with Gasteiger partial charge in [0.05, 0.1) is 0 Å². The lowest BCUT2D eigenvalue weighted by Gasteiger charge is -2.20. The van der Waals surface area contributed by atoms with Crippen molar-refractivity contribution >= 4 is 11.6 Å². The predicted molar refractivity (Wildman–Crippen MR) is 87.3 cm³/mol. The van der Waals surface area contributed by atoms with Crippen LogP contribution in [0.3, 0.4) is 0 Å². The Hall–Kier alpha value is -1.40. The summed E-state index contributed by atoms with van der Waals surface area (Å²) >= 11 is 0. The zero-order valence-corrected chi connectivity index (χ0v) is 13.6. The number of hydrogen-bond donors (Lipinski definition) is 3. The molecule has 1 aliphatic heterocycles. The zero-order chi connectivity index (χ0) is 15.4. The van der Waals surface area contributed by atoms with Gasteiger partial charge in [-0.1, -0.05) is 6.92 Å². The Labute approximate surface area is 127 Å². The van der Waals surface area contributed by atoms with Gasteiger partial charge in [-0.2, -0.15) is 0 Å². The van der Waals surface area contributed by atoms with Crippen molar-refractivity contribution in [3.05, 3.63) is 11.4 Å². The average molecular weight is 292 g/mol. The van der Waals surface area contributed by atoms with Gasteiger partial charge in [0.15, 0.2) is 0 Å². The van der Waals surface area contributed by atoms with Crippen LogP contribution in [0, 0.1) is 12.8 Å². The van der Waals surface area contributed by atoms with Crippen LogP contribution in [0.2, 0.25) is 0 Å². The molecule has 2 heterocycles. The van der Waals surface area contributed by atoms with Gasteiger partial charge in [0.2, 0.25) is 0 Å². The second-order valence-corrected chi connectivity index (χ2v) is 6.08. The van der Waals surface area contributed by atoms with Crippen LogP contribution in [-0.4, -0.2) is 40.5 Å². The van der Waals surface area contributed by atoms with Gasteiger partial charge in [-0.3, -0.25) is 0 Å². The van der Waals surface area contributed by atoms with Crippen LogP contribution in [0.15, 0.2) is 0 Å². The van der Waals surface area contributed by atoms with Crippen LogP contribution >= 0.6 is 0 Å². The van der Waals surface area contributed by atoms with Crippen molar-refractivity contribution in [1.82, 2.24) is 14.9 Å². The van der Waals surface area contributed by atoms with Crippen LogP contribution in [0.25, 0.3) is 0 Å². The highest BCUT2D eigenvalue weighted by atomic mass is 15.3. The number of hydrogen-bond acceptors (Lipinski definition) is 6. The molecule has 118 valence electrons. The Morgan fingerprint density at radius 3 is 2.62 bits per heavy atom. The Morgan fingerprint density at radius 2 is 2.05 bits per heavy atom. The Morgan fingerprint density at radius 1 is 1.33 bits per heavy atom. The van der Waals surface area contributed by atoms with Crippen molar-refractivity contribution in [2.75, 3.05) is 30.4 Å². The van der Waals surface area contributed by atoms with E-state index in [0.29, 0.717) is 17.8 Å². The highest BCUT2D eigenvalue weighted by Gasteiger charge is 2.24. The number of nitrogens with one attached hydrogen (secondary N) is 2. The van der Waals surface area contributed by atoms with E-state index in [2.05, 4.69) is 39.5 Å². The third-order valence-corrected chi connectivity index (χ3v) is 4.25. The lowest BCUT2D eigenvalue weighted by Crippen LogP contribution is -2.29. The van der Waals surface area contributed by atoms with Gasteiger partial charge >= 0.3 is 0 Å². The molecular weight excluding hydrogens is 264 g/mol. The summed E-state index contributed by atoms with van der Waals surface area (Å²) in [6.07, 6.45) is 2.05. The fraction of sp³-hybridized carbons (Fsp3) is 0.733. The van der Waals surface area contributed by atoms with E-state index >= 15 is 0 Å². The number of likely N-dealkylation sites (tertiary alicyclic amines) is 1. The normalized spacial score (nSPS) is 19.2. The summed E-state index contributed by atoms with van der Waals surface area (Å²) in [4.78, 5) is 11.5. The van der Waals surface area contributed by atoms with E-state index in [1.807, 2.05) is 13.8 Å². The van der Waals surface area contributed by atoms with E-state index in [9.17, 15) is 0 Å². The monoisotopic (exact) mass is 292 g/mol. The molecule has 21 heavy (non-hydrogen) atoms. The van der Waals surface area contributed by atoms with Crippen molar-refractivity contribution in [1.29, 1.82) is 0 Å². The molecule has 1 fully saturated rings. The summed E-state index contributed by atoms with van der Waals surface area (Å²) in [6, 6.07) is 0.635. The van der Waals surface area contributed by atoms with Crippen molar-refractivity contribution in [3.8, 4) is 0 Å². The summed E-state index contributed by atoms with van der Waals surface area (Å²) in [5.41, 5.74) is 3.64. The molecule has 1 aliphatic rings. The molecule has 4 N–H and O–H groups in total. The molecule has 0 spiro atoms. The van der Waals surface area contributed by atoms with Crippen molar-refractivity contribution in [3.63, 3.8) is 0 Å². The molecule has 1 aromatic heterocycles. The number of aryl methyl sites for hydroxylation is 1. The van der Waals surface area contributed by atoms with E-state index in [1.54, 1.807) is 0 Å². The van der Waals surface area contributed by atoms with Crippen LogP contribution in [0.1, 0.15) is 38.6 Å². The fourth-order valence-corrected chi connectivity index (χ4v) is 2.77. The molecule has 1 atom stereocenters. The SMILES string of the molecule is CCc1nc(NN)c(C)c(NCC2CCN(C(C)C)C2)n1. The average Bonchev–Trinajstić information content (AvgIpc) is 2.95. The maximum atomic E-state index is 5.54. The van der Waals surface area contributed by atoms with E-state index in [1.165, 1.54) is 13.0 Å². The van der Waals surface area contributed by atoms with Gasteiger partial charge in [0, 0.05) is 31.1 Å². The molecule has 6 heteroatoms. The maximum Gasteiger partial charge on any atom is 0.148 e. The first-order valence-corrected chi connectivity index (χ1v) is 7.87. The second kappa shape index (κ2) is 7.04. The minimum atomic E-state index is 0.635. The molecule has 1 aromatic rings. The molecule has 0 aromatic carbocycles. The molecular formula is C15H28N6. The molecule has 1 unspecified atom stereocenters. The van der Waals surface area contributed by atoms with E-state index < -0.39 is 0 Å². The van der Waals surface area contributed by atoms with Gasteiger partial charge in [0.25, 0.3) is 0 Å². The molecule has 1 saturated heterocycles. The lowest BCUT2D eigenvalue weighted by atomic mass is 10.1. The molecule has 6 nitrogen and oxygen atoms in total. The zero-order valence-electron chi connectivity index (χ0n) is 13.6. The summed E-state index contributed by atoms with van der Waals surface area (Å²) in [5.74, 6) is 8.64. The van der Waals surface area contributed by atoms with Gasteiger partial charge in [-0.05, 0) is 39.7 Å². The van der Waals surface area contributed by atoms with Crippen LogP contribution < -0.4 is 16.6 Å². The number of nitrogens with zero attached hydrogens (tertiary/aromatic N) is 3. The summed E-state index contributed by atoms with van der Waals surface area (Å²) in [7, 11) is 0. The van der Waals surface area contributed by atoms with Gasteiger partial charge in [0.1, 0.15) is 17.5 Å². The minimum Gasteiger partial charge on any atom is -0.369 e. The van der Waals surface area contributed by atoms with Crippen molar-refractivity contribution in [2.45, 2.75) is 46.6 Å². The quantitative estimate of drug-likeness (QED) is 0.548. The Bertz CT molecular complexity index is 473. The smallest absolute Gasteiger partial charge is 0.148 e. The molecule has 2 rings (SSSR count). The van der Waals surface area contributed by atoms with Gasteiger partial charge < -0.3 is 15.6 Å². The minimum absolute atomic E-state index is 0.635. The molecule has 0 bridgehead atoms. The van der Waals surface area contributed by atoms with E-state index in [-0.39, 0.29) is 0 Å². The summed E-state index contributed by atoms with van der Waals surface area (Å²) in [5, 5.41) is 3.49. The molecule has 0 amide bonds. The number of hydrazine groups is 1. The molecule has 0 aliphatic carbocycles. The number of nitrogens with two attached hydrogens (primary N) is 1. The first-order valence-electron chi connectivity index (χ1n) is 7.87. The van der Waals surface area contributed by atoms with Crippen molar-refractivity contribution in [2.24, 2.45) is 11.8 Å².